The smallest absolute Gasteiger partial charge is 0.145 e. The van der Waals surface area contributed by atoms with Gasteiger partial charge in [-0.25, -0.2) is 0 Å². The first-order valence-electron chi connectivity index (χ1n) is 10.7. The molecule has 0 fully saturated rings. The average molecular weight is 402 g/mol. The maximum Gasteiger partial charge on any atom is 0.145 e. The van der Waals surface area contributed by atoms with Crippen molar-refractivity contribution in [2.75, 3.05) is 13.7 Å². The number of ether oxygens (including phenoxy) is 1. The van der Waals surface area contributed by atoms with E-state index in [0.29, 0.717) is 0 Å². The van der Waals surface area contributed by atoms with Crippen molar-refractivity contribution < 1.29 is 4.74 Å². The molecular formula is C26H31N3O. The Balaban J connectivity index is 1.96. The Morgan fingerprint density at radius 1 is 1.03 bits per heavy atom. The summed E-state index contributed by atoms with van der Waals surface area (Å²) in [6, 6.07) is 15.1. The van der Waals surface area contributed by atoms with Crippen molar-refractivity contribution in [1.82, 2.24) is 9.97 Å². The maximum atomic E-state index is 5.79. The van der Waals surface area contributed by atoms with Gasteiger partial charge in [-0.3, -0.25) is 4.98 Å². The third-order valence-electron chi connectivity index (χ3n) is 5.87. The van der Waals surface area contributed by atoms with Gasteiger partial charge in [0.1, 0.15) is 11.3 Å². The van der Waals surface area contributed by atoms with Crippen molar-refractivity contribution in [3.8, 4) is 17.0 Å². The summed E-state index contributed by atoms with van der Waals surface area (Å²) in [5.41, 5.74) is 13.0. The van der Waals surface area contributed by atoms with E-state index in [1.54, 1.807) is 7.11 Å². The highest BCUT2D eigenvalue weighted by Gasteiger charge is 2.20. The number of fused-ring (bicyclic) bond motifs is 2. The molecule has 0 bridgehead atoms. The second-order valence-corrected chi connectivity index (χ2v) is 8.95. The number of pyridine rings is 1. The molecule has 2 heterocycles. The Morgan fingerprint density at radius 3 is 2.60 bits per heavy atom. The molecule has 0 aliphatic heterocycles. The van der Waals surface area contributed by atoms with Gasteiger partial charge in [-0.05, 0) is 72.7 Å². The fourth-order valence-electron chi connectivity index (χ4n) is 4.18. The van der Waals surface area contributed by atoms with Crippen LogP contribution in [0.15, 0.2) is 48.7 Å². The fraction of sp³-hybridized carbons (Fsp3) is 0.346. The van der Waals surface area contributed by atoms with Gasteiger partial charge in [0.15, 0.2) is 0 Å². The Labute approximate surface area is 178 Å². The van der Waals surface area contributed by atoms with Crippen LogP contribution in [0.1, 0.15) is 44.7 Å². The molecule has 0 atom stereocenters. The quantitative estimate of drug-likeness (QED) is 0.391. The molecule has 4 aromatic rings. The van der Waals surface area contributed by atoms with Crippen LogP contribution in [0.4, 0.5) is 0 Å². The van der Waals surface area contributed by atoms with Gasteiger partial charge in [0.2, 0.25) is 0 Å². The van der Waals surface area contributed by atoms with Crippen LogP contribution in [-0.2, 0) is 11.8 Å². The first kappa shape index (κ1) is 20.4. The van der Waals surface area contributed by atoms with Crippen molar-refractivity contribution in [2.45, 2.75) is 45.4 Å². The summed E-state index contributed by atoms with van der Waals surface area (Å²) in [7, 11) is 1.69. The van der Waals surface area contributed by atoms with E-state index in [2.05, 4.69) is 61.1 Å². The number of nitrogens with two attached hydrogens (primary N) is 1. The molecule has 4 rings (SSSR count). The second kappa shape index (κ2) is 8.11. The number of nitrogens with zero attached hydrogens (tertiary/aromatic N) is 1. The lowest BCUT2D eigenvalue weighted by atomic mass is 9.86. The van der Waals surface area contributed by atoms with Crippen LogP contribution in [0, 0.1) is 0 Å². The minimum atomic E-state index is 0.108. The molecular weight excluding hydrogens is 370 g/mol. The van der Waals surface area contributed by atoms with Gasteiger partial charge in [0.25, 0.3) is 0 Å². The van der Waals surface area contributed by atoms with Gasteiger partial charge >= 0.3 is 0 Å². The van der Waals surface area contributed by atoms with E-state index >= 15 is 0 Å². The predicted octanol–water partition coefficient (Wildman–Crippen LogP) is 5.97. The zero-order chi connectivity index (χ0) is 21.3. The molecule has 4 heteroatoms. The molecule has 0 unspecified atom stereocenters. The van der Waals surface area contributed by atoms with E-state index in [9.17, 15) is 0 Å². The summed E-state index contributed by atoms with van der Waals surface area (Å²) in [6.07, 6.45) is 4.91. The third kappa shape index (κ3) is 3.68. The average Bonchev–Trinajstić information content (AvgIpc) is 3.10. The van der Waals surface area contributed by atoms with Crippen LogP contribution in [-0.4, -0.2) is 23.6 Å². The molecule has 3 N–H and O–H groups in total. The first-order valence-corrected chi connectivity index (χ1v) is 10.7. The number of unbranched alkanes of at least 4 members (excludes halogenated alkanes) is 1. The molecule has 4 nitrogen and oxygen atoms in total. The van der Waals surface area contributed by atoms with Crippen LogP contribution < -0.4 is 10.5 Å². The topological polar surface area (TPSA) is 63.9 Å². The van der Waals surface area contributed by atoms with Gasteiger partial charge in [-0.2, -0.15) is 0 Å². The minimum Gasteiger partial charge on any atom is -0.494 e. The molecule has 0 aliphatic rings. The van der Waals surface area contributed by atoms with Gasteiger partial charge < -0.3 is 15.5 Å². The van der Waals surface area contributed by atoms with Crippen LogP contribution >= 0.6 is 0 Å². The van der Waals surface area contributed by atoms with Crippen LogP contribution in [0.5, 0.6) is 5.75 Å². The van der Waals surface area contributed by atoms with Crippen molar-refractivity contribution in [3.05, 3.63) is 59.8 Å². The van der Waals surface area contributed by atoms with Crippen LogP contribution in [0.25, 0.3) is 33.1 Å². The number of aromatic nitrogens is 2. The summed E-state index contributed by atoms with van der Waals surface area (Å²) in [4.78, 5) is 8.30. The fourth-order valence-corrected chi connectivity index (χ4v) is 4.18. The lowest BCUT2D eigenvalue weighted by Crippen LogP contribution is -2.10. The predicted molar refractivity (Wildman–Crippen MR) is 126 cm³/mol. The van der Waals surface area contributed by atoms with E-state index < -0.39 is 0 Å². The Hall–Kier alpha value is -2.85. The molecule has 2 aromatic carbocycles. The molecule has 2 aromatic heterocycles. The molecule has 0 spiro atoms. The highest BCUT2D eigenvalue weighted by Crippen LogP contribution is 2.39. The van der Waals surface area contributed by atoms with Gasteiger partial charge in [0.05, 0.1) is 12.8 Å². The number of nitrogens with one attached hydrogen (secondary N) is 1. The van der Waals surface area contributed by atoms with Crippen LogP contribution in [0.2, 0.25) is 0 Å². The highest BCUT2D eigenvalue weighted by atomic mass is 16.5. The standard InChI is InChI=1S/C26H31N3O/c1-26(2,3)17-10-12-22-21(16-17)19(8-5-6-14-27)24(29-22)20-11-13-23(30-4)25-18(20)9-7-15-28-25/h7,9-13,15-16,29H,5-6,8,14,27H2,1-4H3. The second-order valence-electron chi connectivity index (χ2n) is 8.95. The number of benzene rings is 2. The highest BCUT2D eigenvalue weighted by molar-refractivity contribution is 6.01. The van der Waals surface area contributed by atoms with Gasteiger partial charge in [0, 0.05) is 28.0 Å². The third-order valence-corrected chi connectivity index (χ3v) is 5.87. The van der Waals surface area contributed by atoms with Crippen molar-refractivity contribution in [1.29, 1.82) is 0 Å². The van der Waals surface area contributed by atoms with E-state index in [1.807, 2.05) is 18.3 Å². The Bertz CT molecular complexity index is 1180. The lowest BCUT2D eigenvalue weighted by molar-refractivity contribution is 0.419. The van der Waals surface area contributed by atoms with E-state index in [1.165, 1.54) is 27.7 Å². The largest absolute Gasteiger partial charge is 0.494 e. The normalized spacial score (nSPS) is 12.0. The van der Waals surface area contributed by atoms with E-state index in [-0.39, 0.29) is 5.41 Å². The molecule has 0 saturated carbocycles. The Morgan fingerprint density at radius 2 is 1.87 bits per heavy atom. The number of aromatic amines is 1. The van der Waals surface area contributed by atoms with Gasteiger partial charge in [-0.15, -0.1) is 0 Å². The summed E-state index contributed by atoms with van der Waals surface area (Å²) in [6.45, 7) is 7.51. The summed E-state index contributed by atoms with van der Waals surface area (Å²) in [5.74, 6) is 0.796. The molecule has 30 heavy (non-hydrogen) atoms. The van der Waals surface area contributed by atoms with Crippen molar-refractivity contribution in [3.63, 3.8) is 0 Å². The number of hydrogen-bond acceptors (Lipinski definition) is 3. The van der Waals surface area contributed by atoms with E-state index in [0.717, 1.165) is 48.0 Å². The number of methoxy groups -OCH3 is 1. The number of hydrogen-bond donors (Lipinski definition) is 2. The molecule has 0 aliphatic carbocycles. The zero-order valence-corrected chi connectivity index (χ0v) is 18.4. The van der Waals surface area contributed by atoms with Crippen molar-refractivity contribution in [2.24, 2.45) is 5.73 Å². The molecule has 0 amide bonds. The molecule has 0 saturated heterocycles. The zero-order valence-electron chi connectivity index (χ0n) is 18.4. The maximum absolute atomic E-state index is 5.79. The SMILES string of the molecule is COc1ccc(-c2[nH]c3ccc(C(C)(C)C)cc3c2CCCCN)c2cccnc12. The summed E-state index contributed by atoms with van der Waals surface area (Å²) < 4.78 is 5.55. The Kier molecular flexibility index (Phi) is 5.52. The first-order chi connectivity index (χ1) is 14.4. The number of aryl methyl sites for hydroxylation is 1. The summed E-state index contributed by atoms with van der Waals surface area (Å²) >= 11 is 0. The monoisotopic (exact) mass is 401 g/mol. The van der Waals surface area contributed by atoms with E-state index in [4.69, 9.17) is 10.5 Å². The summed E-state index contributed by atoms with van der Waals surface area (Å²) in [5, 5.41) is 2.40. The molecule has 156 valence electrons. The minimum absolute atomic E-state index is 0.108. The van der Waals surface area contributed by atoms with Crippen LogP contribution in [0.3, 0.4) is 0 Å². The molecule has 0 radical (unpaired) electrons. The number of H-pyrrole nitrogens is 1. The van der Waals surface area contributed by atoms with Gasteiger partial charge in [-0.1, -0.05) is 32.9 Å². The number of rotatable bonds is 6. The van der Waals surface area contributed by atoms with Crippen molar-refractivity contribution >= 4 is 21.8 Å². The lowest BCUT2D eigenvalue weighted by Gasteiger charge is -2.19.